The molecule has 3 aromatic carbocycles. The number of esters is 2. The average Bonchev–Trinajstić information content (AvgIpc) is 3.30. The molecule has 19 heteroatoms. The SMILES string of the molecule is CC.CC.CC.CC(C)(C)OC(=O)N[C@@H](Cc1ccccc1)C(=O)O.CI.COC(=O)[C@H](Cc1ccccc1)NC(=O)OC(C)(C)C.COC(=O)[C@H](Cc1ccccc1)NC(=O)OC(C)(C)C.O=S=O. The van der Waals surface area contributed by atoms with Crippen molar-refractivity contribution in [3.8, 4) is 0 Å². The number of carbonyl (C=O) groups excluding carboxylic acids is 5. The molecule has 17 nitrogen and oxygen atoms in total. The summed E-state index contributed by atoms with van der Waals surface area (Å²) in [5, 5.41) is 16.5. The van der Waals surface area contributed by atoms with Crippen molar-refractivity contribution in [1.29, 1.82) is 0 Å². The van der Waals surface area contributed by atoms with Crippen LogP contribution in [0.25, 0.3) is 0 Å². The van der Waals surface area contributed by atoms with Crippen LogP contribution in [0.1, 0.15) is 121 Å². The number of ether oxygens (including phenoxy) is 5. The third-order valence-corrected chi connectivity index (χ3v) is 7.19. The zero-order chi connectivity index (χ0) is 55.5. The van der Waals surface area contributed by atoms with Crippen molar-refractivity contribution in [1.82, 2.24) is 16.0 Å². The van der Waals surface area contributed by atoms with Crippen LogP contribution in [0.5, 0.6) is 0 Å². The number of nitrogens with one attached hydrogen (secondary N) is 3. The molecule has 0 bridgehead atoms. The largest absolute Gasteiger partial charge is 0.480 e. The first-order chi connectivity index (χ1) is 32.8. The van der Waals surface area contributed by atoms with Crippen molar-refractivity contribution in [2.24, 2.45) is 0 Å². The summed E-state index contributed by atoms with van der Waals surface area (Å²) in [5.74, 6) is -2.09. The number of rotatable bonds is 12. The number of amides is 3. The Kier molecular flexibility index (Phi) is 45.6. The molecule has 4 N–H and O–H groups in total. The number of alkyl halides is 1. The molecule has 0 radical (unpaired) electrons. The van der Waals surface area contributed by atoms with E-state index >= 15 is 0 Å². The smallest absolute Gasteiger partial charge is 0.408 e. The van der Waals surface area contributed by atoms with Gasteiger partial charge in [-0.05, 0) is 83.9 Å². The molecule has 0 aliphatic carbocycles. The van der Waals surface area contributed by atoms with Crippen LogP contribution in [0.2, 0.25) is 0 Å². The summed E-state index contributed by atoms with van der Waals surface area (Å²) in [6.45, 7) is 27.7. The van der Waals surface area contributed by atoms with Crippen LogP contribution >= 0.6 is 22.6 Å². The molecular formula is C51H82IN3O14S. The molecule has 0 aliphatic rings. The number of benzene rings is 3. The first-order valence-corrected chi connectivity index (χ1v) is 25.4. The van der Waals surface area contributed by atoms with E-state index in [2.05, 4.69) is 38.5 Å². The molecule has 0 unspecified atom stereocenters. The number of halogens is 1. The Morgan fingerprint density at radius 2 is 0.671 bits per heavy atom. The van der Waals surface area contributed by atoms with Gasteiger partial charge in [0, 0.05) is 19.3 Å². The van der Waals surface area contributed by atoms with Gasteiger partial charge in [-0.1, -0.05) is 155 Å². The topological polar surface area (TPSA) is 239 Å². The Morgan fingerprint density at radius 1 is 0.471 bits per heavy atom. The van der Waals surface area contributed by atoms with Crippen LogP contribution in [0, 0.1) is 0 Å². The van der Waals surface area contributed by atoms with Gasteiger partial charge in [0.05, 0.1) is 14.2 Å². The first-order valence-electron chi connectivity index (χ1n) is 22.6. The second kappa shape index (κ2) is 43.5. The molecule has 0 aromatic heterocycles. The van der Waals surface area contributed by atoms with Crippen molar-refractivity contribution in [3.63, 3.8) is 0 Å². The summed E-state index contributed by atoms with van der Waals surface area (Å²) < 4.78 is 41.3. The molecule has 3 atom stereocenters. The van der Waals surface area contributed by atoms with Crippen molar-refractivity contribution < 1.29 is 66.0 Å². The van der Waals surface area contributed by atoms with E-state index in [1.165, 1.54) is 14.2 Å². The van der Waals surface area contributed by atoms with Crippen LogP contribution in [0.4, 0.5) is 14.4 Å². The molecule has 0 aliphatic heterocycles. The molecule has 0 spiro atoms. The minimum absolute atomic E-state index is 0.218. The monoisotopic (exact) mass is 1120 g/mol. The minimum Gasteiger partial charge on any atom is -0.480 e. The molecule has 0 saturated heterocycles. The lowest BCUT2D eigenvalue weighted by atomic mass is 10.1. The maximum atomic E-state index is 11.7. The van der Waals surface area contributed by atoms with Gasteiger partial charge in [-0.2, -0.15) is 8.42 Å². The average molecular weight is 1120 g/mol. The minimum atomic E-state index is -1.09. The molecule has 0 saturated carbocycles. The fourth-order valence-corrected chi connectivity index (χ4v) is 4.77. The summed E-state index contributed by atoms with van der Waals surface area (Å²) in [6.07, 6.45) is -1.07. The summed E-state index contributed by atoms with van der Waals surface area (Å²) >= 11 is 1.40. The maximum absolute atomic E-state index is 11.7. The predicted octanol–water partition coefficient (Wildman–Crippen LogP) is 10.3. The van der Waals surface area contributed by atoms with Gasteiger partial charge in [0.25, 0.3) is 0 Å². The quantitative estimate of drug-likeness (QED) is 0.0571. The first kappa shape index (κ1) is 73.4. The van der Waals surface area contributed by atoms with Gasteiger partial charge >= 0.3 is 47.8 Å². The Bertz CT molecular complexity index is 1780. The lowest BCUT2D eigenvalue weighted by Gasteiger charge is -2.22. The number of alkyl carbamates (subject to hydrolysis) is 3. The summed E-state index contributed by atoms with van der Waals surface area (Å²) in [7, 11) is 2.58. The third-order valence-electron chi connectivity index (χ3n) is 7.19. The molecule has 3 rings (SSSR count). The van der Waals surface area contributed by atoms with E-state index < -0.39 is 82.7 Å². The highest BCUT2D eigenvalue weighted by Crippen LogP contribution is 2.12. The third kappa shape index (κ3) is 43.7. The van der Waals surface area contributed by atoms with Gasteiger partial charge in [-0.3, -0.25) is 0 Å². The number of carboxylic acids is 1. The standard InChI is InChI=1S/2C15H21NO4.C14H19NO4.3C2H6.CH3I.O2S/c2*1-15(2,3)20-14(18)16-12(13(17)19-4)10-11-8-6-5-7-9-11;1-14(2,3)19-13(18)15-11(12(16)17)9-10-7-5-4-6-8-10;4*1-2;1-3-2/h2*5-9,12H,10H2,1-4H3,(H,16,18);4-8,11H,9H2,1-3H3,(H,15,18)(H,16,17);3*1-2H3;1H3;/t2*12-;11-;;;;;/m000...../s1. The molecule has 3 amide bonds. The van der Waals surface area contributed by atoms with Crippen molar-refractivity contribution >= 4 is 70.3 Å². The number of hydrogen-bond acceptors (Lipinski definition) is 13. The van der Waals surface area contributed by atoms with Gasteiger partial charge in [0.15, 0.2) is 0 Å². The fraction of sp³-hybridized carbons (Fsp3) is 0.529. The van der Waals surface area contributed by atoms with Gasteiger partial charge in [-0.15, -0.1) is 0 Å². The number of hydrogen-bond donors (Lipinski definition) is 4. The second-order valence-corrected chi connectivity index (χ2v) is 16.3. The Morgan fingerprint density at radius 3 is 0.857 bits per heavy atom. The van der Waals surface area contributed by atoms with Crippen molar-refractivity contribution in [2.45, 2.75) is 158 Å². The molecule has 0 fully saturated rings. The van der Waals surface area contributed by atoms with Crippen LogP contribution in [-0.4, -0.2) is 104 Å². The van der Waals surface area contributed by atoms with Gasteiger partial charge in [0.1, 0.15) is 34.9 Å². The van der Waals surface area contributed by atoms with Crippen LogP contribution < -0.4 is 16.0 Å². The number of methoxy groups -OCH3 is 2. The maximum Gasteiger partial charge on any atom is 0.408 e. The zero-order valence-electron chi connectivity index (χ0n) is 44.6. The Hall–Kier alpha value is -5.57. The van der Waals surface area contributed by atoms with E-state index in [0.29, 0.717) is 12.8 Å². The highest BCUT2D eigenvalue weighted by molar-refractivity contribution is 14.1. The molecule has 70 heavy (non-hydrogen) atoms. The zero-order valence-corrected chi connectivity index (χ0v) is 47.5. The highest BCUT2D eigenvalue weighted by Gasteiger charge is 2.27. The van der Waals surface area contributed by atoms with E-state index in [4.69, 9.17) is 37.2 Å². The fourth-order valence-electron chi connectivity index (χ4n) is 4.77. The van der Waals surface area contributed by atoms with Crippen molar-refractivity contribution in [2.75, 3.05) is 19.2 Å². The van der Waals surface area contributed by atoms with E-state index in [0.717, 1.165) is 16.7 Å². The van der Waals surface area contributed by atoms with Gasteiger partial charge in [0.2, 0.25) is 0 Å². The summed E-state index contributed by atoms with van der Waals surface area (Å²) in [6, 6.07) is 25.4. The van der Waals surface area contributed by atoms with E-state index in [9.17, 15) is 28.8 Å². The molecule has 3 aromatic rings. The molecule has 0 heterocycles. The molecular weight excluding hydrogens is 1040 g/mol. The van der Waals surface area contributed by atoms with E-state index in [1.807, 2.05) is 137 Å². The number of aliphatic carboxylic acids is 1. The summed E-state index contributed by atoms with van der Waals surface area (Å²) in [5.41, 5.74) is 0.818. The van der Waals surface area contributed by atoms with E-state index in [1.54, 1.807) is 62.3 Å². The van der Waals surface area contributed by atoms with Crippen LogP contribution in [0.3, 0.4) is 0 Å². The Balaban J connectivity index is -0.000000273. The lowest BCUT2D eigenvalue weighted by Crippen LogP contribution is -2.45. The van der Waals surface area contributed by atoms with Crippen molar-refractivity contribution in [3.05, 3.63) is 108 Å². The normalized spacial score (nSPS) is 11.0. The summed E-state index contributed by atoms with van der Waals surface area (Å²) in [4.78, 5) is 71.6. The molecule has 398 valence electrons. The van der Waals surface area contributed by atoms with Gasteiger partial charge < -0.3 is 44.7 Å². The van der Waals surface area contributed by atoms with Crippen LogP contribution in [0.15, 0.2) is 91.0 Å². The Labute approximate surface area is 435 Å². The van der Waals surface area contributed by atoms with Gasteiger partial charge in [-0.25, -0.2) is 28.8 Å². The highest BCUT2D eigenvalue weighted by atomic mass is 127. The van der Waals surface area contributed by atoms with E-state index in [-0.39, 0.29) is 6.42 Å². The lowest BCUT2D eigenvalue weighted by molar-refractivity contribution is -0.143. The number of carboxylic acid groups (broad SMARTS) is 1. The number of carbonyl (C=O) groups is 6. The second-order valence-electron chi connectivity index (χ2n) is 16.1. The predicted molar refractivity (Wildman–Crippen MR) is 284 cm³/mol. The van der Waals surface area contributed by atoms with Crippen LogP contribution in [-0.2, 0) is 68.9 Å².